The van der Waals surface area contributed by atoms with Crippen LogP contribution in [0, 0.1) is 16.7 Å². The van der Waals surface area contributed by atoms with E-state index in [1.165, 1.54) is 0 Å². The minimum Gasteiger partial charge on any atom is -0.369 e. The van der Waals surface area contributed by atoms with Gasteiger partial charge >= 0.3 is 0 Å². The Hall–Kier alpha value is -1.57. The second-order valence-corrected chi connectivity index (χ2v) is 3.42. The molecule has 5 heteroatoms. The summed E-state index contributed by atoms with van der Waals surface area (Å²) >= 11 is 0. The van der Waals surface area contributed by atoms with E-state index >= 15 is 0 Å². The molecule has 0 aliphatic heterocycles. The number of hydrogen-bond donors (Lipinski definition) is 2. The van der Waals surface area contributed by atoms with Crippen LogP contribution in [0.25, 0.3) is 0 Å². The third-order valence-electron chi connectivity index (χ3n) is 1.46. The summed E-state index contributed by atoms with van der Waals surface area (Å²) in [5.41, 5.74) is 10.0. The van der Waals surface area contributed by atoms with Crippen molar-refractivity contribution in [2.45, 2.75) is 26.7 Å². The van der Waals surface area contributed by atoms with Crippen molar-refractivity contribution >= 4 is 12.2 Å². The van der Waals surface area contributed by atoms with Gasteiger partial charge in [0.05, 0.1) is 6.07 Å². The van der Waals surface area contributed by atoms with Crippen molar-refractivity contribution in [3.8, 4) is 6.07 Å². The molecular weight excluding hydrogens is 166 g/mol. The first-order chi connectivity index (χ1) is 5.98. The molecule has 72 valence electrons. The van der Waals surface area contributed by atoms with E-state index < -0.39 is 0 Å². The lowest BCUT2D eigenvalue weighted by Crippen LogP contribution is -2.22. The van der Waals surface area contributed by atoms with Crippen LogP contribution in [0.5, 0.6) is 0 Å². The normalized spacial score (nSPS) is 11.2. The first kappa shape index (κ1) is 11.4. The summed E-state index contributed by atoms with van der Waals surface area (Å²) in [6.45, 7) is 3.94. The Morgan fingerprint density at radius 3 is 2.62 bits per heavy atom. The maximum atomic E-state index is 8.38. The van der Waals surface area contributed by atoms with Gasteiger partial charge < -0.3 is 11.5 Å². The fourth-order valence-corrected chi connectivity index (χ4v) is 0.694. The van der Waals surface area contributed by atoms with Gasteiger partial charge in [0.1, 0.15) is 0 Å². The Morgan fingerprint density at radius 1 is 1.54 bits per heavy atom. The topological polar surface area (TPSA) is 101 Å². The maximum absolute atomic E-state index is 8.38. The number of nitrogens with two attached hydrogens (primary N) is 2. The third-order valence-corrected chi connectivity index (χ3v) is 1.46. The van der Waals surface area contributed by atoms with Gasteiger partial charge in [-0.25, -0.2) is 0 Å². The second-order valence-electron chi connectivity index (χ2n) is 3.42. The van der Waals surface area contributed by atoms with Gasteiger partial charge in [-0.1, -0.05) is 13.8 Å². The molecule has 0 aromatic heterocycles. The monoisotopic (exact) mass is 181 g/mol. The van der Waals surface area contributed by atoms with Crippen LogP contribution >= 0.6 is 0 Å². The smallest absolute Gasteiger partial charge is 0.211 e. The van der Waals surface area contributed by atoms with Crippen molar-refractivity contribution in [2.24, 2.45) is 27.1 Å². The Bertz CT molecular complexity index is 242. The molecule has 0 amide bonds. The molecule has 0 aromatic rings. The zero-order valence-electron chi connectivity index (χ0n) is 7.99. The van der Waals surface area contributed by atoms with E-state index in [4.69, 9.17) is 16.7 Å². The van der Waals surface area contributed by atoms with E-state index in [0.29, 0.717) is 6.42 Å². The van der Waals surface area contributed by atoms with Crippen molar-refractivity contribution < 1.29 is 0 Å². The second kappa shape index (κ2) is 5.14. The summed E-state index contributed by atoms with van der Waals surface area (Å²) in [5.74, 6) is -0.0627. The molecule has 4 N–H and O–H groups in total. The third kappa shape index (κ3) is 6.81. The summed E-state index contributed by atoms with van der Waals surface area (Å²) < 4.78 is 0. The highest BCUT2D eigenvalue weighted by Gasteiger charge is 2.13. The first-order valence-corrected chi connectivity index (χ1v) is 3.98. The predicted octanol–water partition coefficient (Wildman–Crippen LogP) is 0.576. The molecule has 0 heterocycles. The molecule has 0 aliphatic rings. The molecule has 5 nitrogen and oxygen atoms in total. The highest BCUT2D eigenvalue weighted by atomic mass is 15.3. The molecule has 0 fully saturated rings. The lowest BCUT2D eigenvalue weighted by atomic mass is 9.90. The molecule has 0 saturated heterocycles. The minimum atomic E-state index is -0.144. The average Bonchev–Trinajstić information content (AvgIpc) is 2.00. The van der Waals surface area contributed by atoms with E-state index in [1.807, 2.05) is 13.8 Å². The van der Waals surface area contributed by atoms with E-state index in [2.05, 4.69) is 16.3 Å². The largest absolute Gasteiger partial charge is 0.369 e. The van der Waals surface area contributed by atoms with Gasteiger partial charge in [0.2, 0.25) is 5.96 Å². The van der Waals surface area contributed by atoms with Gasteiger partial charge in [0.25, 0.3) is 0 Å². The lowest BCUT2D eigenvalue weighted by molar-refractivity contribution is 0.494. The zero-order chi connectivity index (χ0) is 10.3. The molecule has 0 aromatic carbocycles. The SMILES string of the molecule is CC(C)(/C=N\N=C(N)N)CCC#N. The number of rotatable bonds is 4. The zero-order valence-corrected chi connectivity index (χ0v) is 7.99. The summed E-state index contributed by atoms with van der Waals surface area (Å²) in [4.78, 5) is 0. The van der Waals surface area contributed by atoms with Gasteiger partial charge in [0.15, 0.2) is 0 Å². The average molecular weight is 181 g/mol. The van der Waals surface area contributed by atoms with E-state index in [9.17, 15) is 0 Å². The van der Waals surface area contributed by atoms with E-state index in [1.54, 1.807) is 6.21 Å². The van der Waals surface area contributed by atoms with Crippen LogP contribution in [-0.4, -0.2) is 12.2 Å². The van der Waals surface area contributed by atoms with Crippen LogP contribution in [0.3, 0.4) is 0 Å². The van der Waals surface area contributed by atoms with Gasteiger partial charge in [-0.2, -0.15) is 10.4 Å². The minimum absolute atomic E-state index is 0.0627. The molecule has 0 aliphatic carbocycles. The Balaban J connectivity index is 4.09. The molecule has 0 atom stereocenters. The van der Waals surface area contributed by atoms with E-state index in [-0.39, 0.29) is 11.4 Å². The Labute approximate surface area is 78.1 Å². The molecular formula is C8H15N5. The van der Waals surface area contributed by atoms with Crippen LogP contribution < -0.4 is 11.5 Å². The molecule has 0 bridgehead atoms. The van der Waals surface area contributed by atoms with E-state index in [0.717, 1.165) is 6.42 Å². The summed E-state index contributed by atoms with van der Waals surface area (Å²) in [7, 11) is 0. The van der Waals surface area contributed by atoms with Crippen molar-refractivity contribution in [3.05, 3.63) is 0 Å². The van der Waals surface area contributed by atoms with Gasteiger partial charge in [0, 0.05) is 18.1 Å². The van der Waals surface area contributed by atoms with Crippen LogP contribution in [0.1, 0.15) is 26.7 Å². The van der Waals surface area contributed by atoms with Crippen LogP contribution in [-0.2, 0) is 0 Å². The van der Waals surface area contributed by atoms with Crippen LogP contribution in [0.4, 0.5) is 0 Å². The molecule has 0 rings (SSSR count). The lowest BCUT2D eigenvalue weighted by Gasteiger charge is -2.15. The maximum Gasteiger partial charge on any atom is 0.211 e. The molecule has 0 radical (unpaired) electrons. The van der Waals surface area contributed by atoms with Gasteiger partial charge in [-0.05, 0) is 6.42 Å². The molecule has 0 unspecified atom stereocenters. The fraction of sp³-hybridized carbons (Fsp3) is 0.625. The number of guanidine groups is 1. The summed E-state index contributed by atoms with van der Waals surface area (Å²) in [6.07, 6.45) is 2.89. The van der Waals surface area contributed by atoms with Crippen molar-refractivity contribution in [1.29, 1.82) is 5.26 Å². The van der Waals surface area contributed by atoms with Crippen LogP contribution in [0.2, 0.25) is 0 Å². The Morgan fingerprint density at radius 2 is 2.15 bits per heavy atom. The fourth-order valence-electron chi connectivity index (χ4n) is 0.694. The first-order valence-electron chi connectivity index (χ1n) is 3.98. The van der Waals surface area contributed by atoms with Crippen molar-refractivity contribution in [3.63, 3.8) is 0 Å². The van der Waals surface area contributed by atoms with Gasteiger partial charge in [-0.15, -0.1) is 5.10 Å². The van der Waals surface area contributed by atoms with Crippen molar-refractivity contribution in [2.75, 3.05) is 0 Å². The van der Waals surface area contributed by atoms with Gasteiger partial charge in [-0.3, -0.25) is 0 Å². The van der Waals surface area contributed by atoms with Crippen molar-refractivity contribution in [1.82, 2.24) is 0 Å². The molecule has 13 heavy (non-hydrogen) atoms. The predicted molar refractivity (Wildman–Crippen MR) is 52.9 cm³/mol. The van der Waals surface area contributed by atoms with Crippen LogP contribution in [0.15, 0.2) is 10.2 Å². The quantitative estimate of drug-likeness (QED) is 0.376. The standard InChI is InChI=1S/C8H15N5/c1-8(2,4-3-5-9)6-12-13-7(10)11/h6H,3-4H2,1-2H3,(H4,10,11,13)/b12-6-. The summed E-state index contributed by atoms with van der Waals surface area (Å²) in [6, 6.07) is 2.08. The molecule has 0 saturated carbocycles. The molecule has 0 spiro atoms. The highest BCUT2D eigenvalue weighted by Crippen LogP contribution is 2.18. The number of nitrogens with zero attached hydrogens (tertiary/aromatic N) is 3. The number of hydrogen-bond acceptors (Lipinski definition) is 3. The highest BCUT2D eigenvalue weighted by molar-refractivity contribution is 5.76. The Kier molecular flexibility index (Phi) is 4.52. The summed E-state index contributed by atoms with van der Waals surface area (Å²) in [5, 5.41) is 15.6. The number of nitriles is 1.